The van der Waals surface area contributed by atoms with E-state index in [0.717, 1.165) is 42.3 Å². The molecule has 1 aliphatic rings. The molecule has 0 bridgehead atoms. The van der Waals surface area contributed by atoms with Crippen LogP contribution in [0.25, 0.3) is 22.7 Å². The second kappa shape index (κ2) is 9.57. The number of hydrogen-bond donors (Lipinski definition) is 0. The highest BCUT2D eigenvalue weighted by Crippen LogP contribution is 2.30. The third-order valence-corrected chi connectivity index (χ3v) is 6.28. The minimum absolute atomic E-state index is 0.00228. The number of likely N-dealkylation sites (tertiary alicyclic amines) is 1. The molecule has 0 radical (unpaired) electrons. The van der Waals surface area contributed by atoms with Crippen LogP contribution < -0.4 is 0 Å². The van der Waals surface area contributed by atoms with Gasteiger partial charge in [0.1, 0.15) is 5.69 Å². The number of hydrogen-bond acceptors (Lipinski definition) is 8. The van der Waals surface area contributed by atoms with E-state index in [1.165, 1.54) is 19.0 Å². The van der Waals surface area contributed by atoms with Gasteiger partial charge in [-0.05, 0) is 55.6 Å². The minimum Gasteiger partial charge on any atom is -0.415 e. The predicted octanol–water partition coefficient (Wildman–Crippen LogP) is 4.39. The van der Waals surface area contributed by atoms with Crippen LogP contribution in [-0.4, -0.2) is 53.1 Å². The molecule has 0 saturated carbocycles. The van der Waals surface area contributed by atoms with E-state index in [4.69, 9.17) is 4.42 Å². The molecule has 1 fully saturated rings. The standard InChI is InChI=1S/C24H26F2N8O/c1-24(2)7-9-33(10-8-24)13-18-5-3-16(11-27-18)20-15-34(32-29-20)14-19-6-4-17(12-28-19)22-30-31-23(35-22)21(25)26/h3-6,11-12,15,21H,7-10,13-14H2,1-2H3. The SMILES string of the molecule is CC1(C)CCN(Cc2ccc(-c3cn(Cc4ccc(-c5nnc(C(F)F)o5)cn4)nn3)cn2)CC1. The molecule has 0 aromatic carbocycles. The van der Waals surface area contributed by atoms with Gasteiger partial charge in [-0.25, -0.2) is 4.68 Å². The molecule has 0 atom stereocenters. The maximum atomic E-state index is 12.6. The van der Waals surface area contributed by atoms with Crippen molar-refractivity contribution in [2.75, 3.05) is 13.1 Å². The van der Waals surface area contributed by atoms with E-state index in [1.54, 1.807) is 16.8 Å². The van der Waals surface area contributed by atoms with Crippen LogP contribution in [0.5, 0.6) is 0 Å². The summed E-state index contributed by atoms with van der Waals surface area (Å²) in [5, 5.41) is 15.4. The Balaban J connectivity index is 1.19. The molecule has 0 amide bonds. The number of nitrogens with zero attached hydrogens (tertiary/aromatic N) is 8. The van der Waals surface area contributed by atoms with Crippen molar-refractivity contribution in [2.45, 2.75) is 46.2 Å². The summed E-state index contributed by atoms with van der Waals surface area (Å²) in [5.74, 6) is -0.709. The van der Waals surface area contributed by atoms with Crippen LogP contribution in [-0.2, 0) is 13.1 Å². The summed E-state index contributed by atoms with van der Waals surface area (Å²) in [6, 6.07) is 7.51. The van der Waals surface area contributed by atoms with E-state index in [0.29, 0.717) is 17.5 Å². The summed E-state index contributed by atoms with van der Waals surface area (Å²) >= 11 is 0. The fourth-order valence-electron chi connectivity index (χ4n) is 3.97. The highest BCUT2D eigenvalue weighted by molar-refractivity contribution is 5.56. The Kier molecular flexibility index (Phi) is 6.33. The van der Waals surface area contributed by atoms with Crippen LogP contribution in [0.4, 0.5) is 8.78 Å². The van der Waals surface area contributed by atoms with Crippen molar-refractivity contribution in [1.29, 1.82) is 0 Å². The minimum atomic E-state index is -2.81. The number of alkyl halides is 2. The zero-order valence-corrected chi connectivity index (χ0v) is 19.6. The molecule has 9 nitrogen and oxygen atoms in total. The maximum absolute atomic E-state index is 12.6. The lowest BCUT2D eigenvalue weighted by atomic mass is 9.83. The summed E-state index contributed by atoms with van der Waals surface area (Å²) in [6.45, 7) is 8.13. The molecule has 4 aromatic rings. The van der Waals surface area contributed by atoms with E-state index < -0.39 is 12.3 Å². The fraction of sp³-hybridized carbons (Fsp3) is 0.417. The van der Waals surface area contributed by atoms with Gasteiger partial charge in [-0.2, -0.15) is 8.78 Å². The van der Waals surface area contributed by atoms with Gasteiger partial charge >= 0.3 is 6.43 Å². The second-order valence-electron chi connectivity index (χ2n) is 9.56. The molecule has 0 spiro atoms. The summed E-state index contributed by atoms with van der Waals surface area (Å²) < 4.78 is 31.9. The van der Waals surface area contributed by atoms with Crippen LogP contribution in [0.2, 0.25) is 0 Å². The van der Waals surface area contributed by atoms with E-state index in [-0.39, 0.29) is 5.89 Å². The van der Waals surface area contributed by atoms with Gasteiger partial charge < -0.3 is 4.42 Å². The Morgan fingerprint density at radius 3 is 2.23 bits per heavy atom. The van der Waals surface area contributed by atoms with Crippen LogP contribution in [0, 0.1) is 5.41 Å². The summed E-state index contributed by atoms with van der Waals surface area (Å²) in [4.78, 5) is 11.4. The molecule has 0 aliphatic carbocycles. The zero-order valence-electron chi connectivity index (χ0n) is 19.6. The van der Waals surface area contributed by atoms with Crippen LogP contribution in [0.15, 0.2) is 47.3 Å². The molecule has 5 heterocycles. The van der Waals surface area contributed by atoms with E-state index >= 15 is 0 Å². The molecule has 4 aromatic heterocycles. The van der Waals surface area contributed by atoms with Crippen molar-refractivity contribution in [3.63, 3.8) is 0 Å². The van der Waals surface area contributed by atoms with Gasteiger partial charge in [0, 0.05) is 24.5 Å². The first-order valence-electron chi connectivity index (χ1n) is 11.5. The van der Waals surface area contributed by atoms with Gasteiger partial charge in [0.25, 0.3) is 5.89 Å². The monoisotopic (exact) mass is 480 g/mol. The molecular formula is C24H26F2N8O. The van der Waals surface area contributed by atoms with Crippen molar-refractivity contribution in [2.24, 2.45) is 5.41 Å². The number of rotatable bonds is 7. The summed E-state index contributed by atoms with van der Waals surface area (Å²) in [7, 11) is 0. The lowest BCUT2D eigenvalue weighted by molar-refractivity contribution is 0.116. The Hall–Kier alpha value is -3.60. The normalized spacial score (nSPS) is 16.1. The van der Waals surface area contributed by atoms with Gasteiger partial charge in [0.2, 0.25) is 5.89 Å². The Morgan fingerprint density at radius 2 is 1.60 bits per heavy atom. The van der Waals surface area contributed by atoms with Crippen LogP contribution in [0.1, 0.15) is 50.4 Å². The van der Waals surface area contributed by atoms with E-state index in [9.17, 15) is 8.78 Å². The molecular weight excluding hydrogens is 454 g/mol. The number of aromatic nitrogens is 7. The smallest absolute Gasteiger partial charge is 0.314 e. The van der Waals surface area contributed by atoms with Crippen LogP contribution in [0.3, 0.4) is 0 Å². The van der Waals surface area contributed by atoms with E-state index in [1.807, 2.05) is 24.5 Å². The molecule has 182 valence electrons. The van der Waals surface area contributed by atoms with Gasteiger partial charge in [0.05, 0.1) is 29.7 Å². The Morgan fingerprint density at radius 1 is 0.914 bits per heavy atom. The molecule has 0 N–H and O–H groups in total. The first kappa shape index (κ1) is 23.2. The Labute approximate surface area is 201 Å². The third kappa shape index (κ3) is 5.56. The second-order valence-corrected chi connectivity index (χ2v) is 9.56. The van der Waals surface area contributed by atoms with Crippen LogP contribution >= 0.6 is 0 Å². The molecule has 11 heteroatoms. The van der Waals surface area contributed by atoms with Gasteiger partial charge in [0.15, 0.2) is 0 Å². The molecule has 5 rings (SSSR count). The maximum Gasteiger partial charge on any atom is 0.314 e. The zero-order chi connectivity index (χ0) is 24.4. The van der Waals surface area contributed by atoms with E-state index in [2.05, 4.69) is 49.2 Å². The molecule has 0 unspecified atom stereocenters. The topological polar surface area (TPSA) is 98.7 Å². The number of piperidine rings is 1. The average molecular weight is 481 g/mol. The first-order valence-corrected chi connectivity index (χ1v) is 11.5. The van der Waals surface area contributed by atoms with Crippen molar-refractivity contribution < 1.29 is 13.2 Å². The first-order chi connectivity index (χ1) is 16.8. The Bertz CT molecular complexity index is 1260. The average Bonchev–Trinajstić information content (AvgIpc) is 3.52. The van der Waals surface area contributed by atoms with Gasteiger partial charge in [-0.1, -0.05) is 19.1 Å². The van der Waals surface area contributed by atoms with Crippen molar-refractivity contribution in [3.8, 4) is 22.7 Å². The van der Waals surface area contributed by atoms with Crippen molar-refractivity contribution in [1.82, 2.24) is 40.1 Å². The molecule has 35 heavy (non-hydrogen) atoms. The quantitative estimate of drug-likeness (QED) is 0.384. The highest BCUT2D eigenvalue weighted by Gasteiger charge is 2.25. The van der Waals surface area contributed by atoms with Crippen molar-refractivity contribution >= 4 is 0 Å². The van der Waals surface area contributed by atoms with Gasteiger partial charge in [-0.3, -0.25) is 14.9 Å². The third-order valence-electron chi connectivity index (χ3n) is 6.28. The highest BCUT2D eigenvalue weighted by atomic mass is 19.3. The molecule has 1 aliphatic heterocycles. The number of halogens is 2. The number of pyridine rings is 2. The van der Waals surface area contributed by atoms with Crippen molar-refractivity contribution in [3.05, 3.63) is 60.1 Å². The lowest BCUT2D eigenvalue weighted by Gasteiger charge is -2.36. The summed E-state index contributed by atoms with van der Waals surface area (Å²) in [6.07, 6.45) is 4.79. The predicted molar refractivity (Wildman–Crippen MR) is 123 cm³/mol. The summed E-state index contributed by atoms with van der Waals surface area (Å²) in [5.41, 5.74) is 4.29. The largest absolute Gasteiger partial charge is 0.415 e. The fourth-order valence-corrected chi connectivity index (χ4v) is 3.97. The van der Waals surface area contributed by atoms with Gasteiger partial charge in [-0.15, -0.1) is 15.3 Å². The lowest BCUT2D eigenvalue weighted by Crippen LogP contribution is -2.36. The molecule has 1 saturated heterocycles.